The van der Waals surface area contributed by atoms with Crippen LogP contribution in [0.15, 0.2) is 127 Å². The molecule has 342 valence electrons. The van der Waals surface area contributed by atoms with E-state index in [1.807, 2.05) is 66.7 Å². The zero-order chi connectivity index (χ0) is 46.6. The molecule has 5 aromatic carbocycles. The van der Waals surface area contributed by atoms with Gasteiger partial charge in [-0.1, -0.05) is 109 Å². The maximum Gasteiger partial charge on any atom is 0.329 e. The average molecular weight is 924 g/mol. The van der Waals surface area contributed by atoms with Crippen molar-refractivity contribution in [2.45, 2.75) is 82.6 Å². The van der Waals surface area contributed by atoms with Crippen LogP contribution in [0.4, 0.5) is 0 Å². The van der Waals surface area contributed by atoms with Crippen LogP contribution in [0.3, 0.4) is 0 Å². The van der Waals surface area contributed by atoms with Crippen LogP contribution in [0, 0.1) is 0 Å². The highest BCUT2D eigenvalue weighted by Gasteiger charge is 2.31. The van der Waals surface area contributed by atoms with E-state index in [0.717, 1.165) is 43.8 Å². The molecule has 4 amide bonds. The van der Waals surface area contributed by atoms with Gasteiger partial charge >= 0.3 is 5.97 Å². The number of rotatable bonds is 24. The van der Waals surface area contributed by atoms with Crippen LogP contribution in [-0.4, -0.2) is 72.8 Å². The summed E-state index contributed by atoms with van der Waals surface area (Å²) in [5.41, 5.74) is 9.31. The number of esters is 1. The number of carbonyl (C=O) groups is 5. The van der Waals surface area contributed by atoms with Crippen molar-refractivity contribution >= 4 is 80.7 Å². The van der Waals surface area contributed by atoms with Gasteiger partial charge in [0.25, 0.3) is 0 Å². The predicted molar refractivity (Wildman–Crippen MR) is 257 cm³/mol. The van der Waals surface area contributed by atoms with E-state index in [-0.39, 0.29) is 51.2 Å². The molecule has 4 atom stereocenters. The third-order valence-corrected chi connectivity index (χ3v) is 11.1. The molecule has 8 N–H and O–H groups in total. The molecule has 0 aliphatic rings. The molecule has 0 aromatic heterocycles. The van der Waals surface area contributed by atoms with Crippen molar-refractivity contribution in [3.8, 4) is 11.1 Å². The molecule has 16 heteroatoms. The Balaban J connectivity index is 1.34. The number of halogens is 2. The first-order valence-electron chi connectivity index (χ1n) is 21.5. The summed E-state index contributed by atoms with van der Waals surface area (Å²) in [5, 5.41) is 15.6. The molecule has 0 saturated heterocycles. The number of amides is 4. The molecule has 5 rings (SSSR count). The minimum atomic E-state index is -1.18. The number of fused-ring (bicyclic) bond motifs is 2. The second kappa shape index (κ2) is 25.7. The van der Waals surface area contributed by atoms with E-state index in [2.05, 4.69) is 72.8 Å². The molecule has 0 aliphatic carbocycles. The van der Waals surface area contributed by atoms with Crippen molar-refractivity contribution in [1.29, 1.82) is 0 Å². The molecule has 14 nitrogen and oxygen atoms in total. The second-order valence-corrected chi connectivity index (χ2v) is 16.0. The Morgan fingerprint density at radius 1 is 0.692 bits per heavy atom. The fourth-order valence-corrected chi connectivity index (χ4v) is 7.65. The minimum Gasteiger partial charge on any atom is -0.459 e. The lowest BCUT2D eigenvalue weighted by Gasteiger charge is -2.26. The fourth-order valence-electron chi connectivity index (χ4n) is 7.45. The number of unbranched alkanes of at least 4 members (excludes halogenated alkanes) is 1. The van der Waals surface area contributed by atoms with Crippen LogP contribution < -0.4 is 36.7 Å². The normalized spacial score (nSPS) is 13.2. The molecule has 0 heterocycles. The summed E-state index contributed by atoms with van der Waals surface area (Å²) in [6.07, 6.45) is 3.24. The summed E-state index contributed by atoms with van der Waals surface area (Å²) in [7, 11) is 0. The van der Waals surface area contributed by atoms with E-state index in [9.17, 15) is 24.0 Å². The number of guanidine groups is 1. The fraction of sp³-hybridized carbons (Fsp3) is 0.306. The zero-order valence-electron chi connectivity index (χ0n) is 36.3. The Morgan fingerprint density at radius 2 is 1.26 bits per heavy atom. The number of hydrogen-bond acceptors (Lipinski definition) is 8. The Labute approximate surface area is 389 Å². The molecule has 0 fully saturated rings. The van der Waals surface area contributed by atoms with Gasteiger partial charge in [-0.25, -0.2) is 9.63 Å². The number of ether oxygens (including phenoxy) is 1. The van der Waals surface area contributed by atoms with Crippen molar-refractivity contribution in [3.63, 3.8) is 0 Å². The van der Waals surface area contributed by atoms with Crippen molar-refractivity contribution < 1.29 is 28.7 Å². The second-order valence-electron chi connectivity index (χ2n) is 15.5. The van der Waals surface area contributed by atoms with Gasteiger partial charge in [-0.15, -0.1) is 6.58 Å². The minimum absolute atomic E-state index is 0.00861. The maximum atomic E-state index is 14.2. The van der Waals surface area contributed by atoms with Crippen molar-refractivity contribution in [3.05, 3.63) is 133 Å². The Bertz CT molecular complexity index is 2380. The zero-order valence-corrected chi connectivity index (χ0v) is 37.8. The van der Waals surface area contributed by atoms with Crippen LogP contribution in [0.5, 0.6) is 0 Å². The molecule has 0 bridgehead atoms. The summed E-state index contributed by atoms with van der Waals surface area (Å²) in [4.78, 5) is 76.8. The van der Waals surface area contributed by atoms with Gasteiger partial charge in [0.15, 0.2) is 0 Å². The third kappa shape index (κ3) is 15.1. The molecule has 5 aromatic rings. The molecule has 0 saturated carbocycles. The molecule has 0 radical (unpaired) electrons. The van der Waals surface area contributed by atoms with E-state index >= 15 is 0 Å². The lowest BCUT2D eigenvalue weighted by molar-refractivity contribution is -0.149. The van der Waals surface area contributed by atoms with Crippen LogP contribution in [0.25, 0.3) is 32.7 Å². The molecule has 0 unspecified atom stereocenters. The molecule has 0 aliphatic heterocycles. The maximum absolute atomic E-state index is 14.2. The SMILES string of the molecule is C=CC[C@H](NC(=O)[C@@H](CCCN=C(N)NCl)NC(=O)[C@@H](CCCCNCl)NC(=O)[C@H](Cc1ccc(-c2c3ccccc3cc3ccccc23)cc1)NC(C)=O)C(=O)OCc1ccccc1. The summed E-state index contributed by atoms with van der Waals surface area (Å²) >= 11 is 11.2. The van der Waals surface area contributed by atoms with Gasteiger partial charge in [-0.2, -0.15) is 0 Å². The highest BCUT2D eigenvalue weighted by molar-refractivity contribution is 6.21. The quantitative estimate of drug-likeness (QED) is 0.00712. The standard InChI is InChI=1S/C49H56Cl2N8O6/c1-3-14-42(48(64)65-31-34-15-5-4-6-16-34)58-46(62)41(22-13-27-53-49(52)59-51)56-45(61)40(21-11-12-28-54-50)57-47(63)43(55-32(2)60)29-33-23-25-35(26-24-33)44-38-19-9-7-17-36(38)30-37-18-8-10-20-39(37)44/h3-10,15-20,23-26,30,40-43,54H,1,11-14,21-22,27-29,31H2,2H3,(H,55,60)(H,56,61)(H,57,63)(H,58,62)(H3,52,53,59)/t40-,41-,42+,43+/m1/s1. The number of hydrogen-bond donors (Lipinski definition) is 7. The van der Waals surface area contributed by atoms with E-state index in [1.165, 1.54) is 13.0 Å². The summed E-state index contributed by atoms with van der Waals surface area (Å²) in [5.74, 6) is -3.05. The van der Waals surface area contributed by atoms with Gasteiger partial charge in [0.1, 0.15) is 30.8 Å². The number of nitrogens with zero attached hydrogens (tertiary/aromatic N) is 1. The number of nitrogens with one attached hydrogen (secondary N) is 6. The van der Waals surface area contributed by atoms with Gasteiger partial charge in [-0.05, 0) is 100 Å². The lowest BCUT2D eigenvalue weighted by atomic mass is 9.91. The van der Waals surface area contributed by atoms with Crippen molar-refractivity contribution in [1.82, 2.24) is 30.9 Å². The first-order chi connectivity index (χ1) is 31.5. The topological polar surface area (TPSA) is 205 Å². The van der Waals surface area contributed by atoms with Crippen LogP contribution >= 0.6 is 23.6 Å². The van der Waals surface area contributed by atoms with Gasteiger partial charge < -0.3 is 31.7 Å². The van der Waals surface area contributed by atoms with E-state index < -0.39 is 53.8 Å². The smallest absolute Gasteiger partial charge is 0.329 e. The third-order valence-electron chi connectivity index (χ3n) is 10.7. The van der Waals surface area contributed by atoms with Gasteiger partial charge in [0, 0.05) is 38.2 Å². The van der Waals surface area contributed by atoms with E-state index in [0.29, 0.717) is 19.4 Å². The molecule has 65 heavy (non-hydrogen) atoms. The summed E-state index contributed by atoms with van der Waals surface area (Å²) in [6, 6.07) is 31.1. The van der Waals surface area contributed by atoms with E-state index in [4.69, 9.17) is 34.0 Å². The molecular formula is C49H56Cl2N8O6. The number of carbonyl (C=O) groups excluding carboxylic acids is 5. The monoisotopic (exact) mass is 922 g/mol. The largest absolute Gasteiger partial charge is 0.459 e. The molecular weight excluding hydrogens is 867 g/mol. The van der Waals surface area contributed by atoms with Crippen LogP contribution in [0.1, 0.15) is 56.6 Å². The Hall–Kier alpha value is -6.48. The highest BCUT2D eigenvalue weighted by Crippen LogP contribution is 2.36. The van der Waals surface area contributed by atoms with Crippen LogP contribution in [-0.2, 0) is 41.7 Å². The number of aliphatic imine (C=N–C) groups is 1. The van der Waals surface area contributed by atoms with Crippen molar-refractivity contribution in [2.75, 3.05) is 13.1 Å². The van der Waals surface area contributed by atoms with Gasteiger partial charge in [-0.3, -0.25) is 29.0 Å². The van der Waals surface area contributed by atoms with Crippen LogP contribution in [0.2, 0.25) is 0 Å². The first kappa shape index (κ1) is 49.5. The lowest BCUT2D eigenvalue weighted by Crippen LogP contribution is -2.58. The van der Waals surface area contributed by atoms with E-state index in [1.54, 1.807) is 12.1 Å². The van der Waals surface area contributed by atoms with Gasteiger partial charge in [0.2, 0.25) is 29.6 Å². The Kier molecular flexibility index (Phi) is 19.6. The summed E-state index contributed by atoms with van der Waals surface area (Å²) in [6.45, 7) is 5.63. The average Bonchev–Trinajstić information content (AvgIpc) is 3.31. The molecule has 0 spiro atoms. The number of benzene rings is 5. The first-order valence-corrected chi connectivity index (χ1v) is 22.3. The Morgan fingerprint density at radius 3 is 1.85 bits per heavy atom. The predicted octanol–water partition coefficient (Wildman–Crippen LogP) is 6.23. The highest BCUT2D eigenvalue weighted by atomic mass is 35.5. The van der Waals surface area contributed by atoms with Gasteiger partial charge in [0.05, 0.1) is 0 Å². The van der Waals surface area contributed by atoms with Crippen molar-refractivity contribution in [2.24, 2.45) is 10.7 Å². The number of nitrogens with two attached hydrogens (primary N) is 1. The summed E-state index contributed by atoms with van der Waals surface area (Å²) < 4.78 is 5.51.